The fraction of sp³-hybridized carbons (Fsp3) is 0.333. The first-order chi connectivity index (χ1) is 10.8. The summed E-state index contributed by atoms with van der Waals surface area (Å²) in [5, 5.41) is 11.8. The van der Waals surface area contributed by atoms with Crippen molar-refractivity contribution >= 4 is 11.8 Å². The van der Waals surface area contributed by atoms with Crippen LogP contribution in [0.5, 0.6) is 0 Å². The first-order valence-electron chi connectivity index (χ1n) is 7.27. The maximum absolute atomic E-state index is 5.23. The van der Waals surface area contributed by atoms with Crippen molar-refractivity contribution in [2.75, 3.05) is 0 Å². The lowest BCUT2D eigenvalue weighted by molar-refractivity contribution is 0.384. The van der Waals surface area contributed by atoms with Crippen LogP contribution in [0.25, 0.3) is 11.4 Å². The van der Waals surface area contributed by atoms with Gasteiger partial charge in [-0.2, -0.15) is 4.98 Å². The van der Waals surface area contributed by atoms with Crippen LogP contribution in [0.3, 0.4) is 0 Å². The summed E-state index contributed by atoms with van der Waals surface area (Å²) in [7, 11) is 0. The van der Waals surface area contributed by atoms with E-state index in [1.54, 1.807) is 0 Å². The van der Waals surface area contributed by atoms with E-state index in [0.29, 0.717) is 16.8 Å². The molecule has 0 bridgehead atoms. The fourth-order valence-corrected chi connectivity index (χ4v) is 2.58. The standard InChI is InChI=1S/C15H17N5OS/c1-2-3-9-12-16-13(21-20-12)10-22-15-17-14(18-19-15)11-7-5-4-6-8-11/h4-8H,2-3,9-10H2,1H3,(H,17,18,19). The van der Waals surface area contributed by atoms with E-state index in [2.05, 4.69) is 32.2 Å². The third-order valence-electron chi connectivity index (χ3n) is 3.10. The third-order valence-corrected chi connectivity index (χ3v) is 3.93. The number of aromatic nitrogens is 5. The van der Waals surface area contributed by atoms with Crippen molar-refractivity contribution in [3.63, 3.8) is 0 Å². The zero-order valence-corrected chi connectivity index (χ0v) is 13.1. The molecule has 3 rings (SSSR count). The molecule has 0 aliphatic rings. The molecule has 1 N–H and O–H groups in total. The summed E-state index contributed by atoms with van der Waals surface area (Å²) in [5.74, 6) is 2.72. The Kier molecular flexibility index (Phi) is 4.85. The van der Waals surface area contributed by atoms with Gasteiger partial charge in [0.15, 0.2) is 11.6 Å². The van der Waals surface area contributed by atoms with Crippen molar-refractivity contribution in [2.45, 2.75) is 37.1 Å². The molecule has 0 aliphatic carbocycles. The summed E-state index contributed by atoms with van der Waals surface area (Å²) < 4.78 is 5.23. The second-order valence-electron chi connectivity index (χ2n) is 4.83. The van der Waals surface area contributed by atoms with E-state index in [4.69, 9.17) is 4.52 Å². The molecule has 0 spiro atoms. The summed E-state index contributed by atoms with van der Waals surface area (Å²) in [5.41, 5.74) is 1.02. The van der Waals surface area contributed by atoms with E-state index < -0.39 is 0 Å². The van der Waals surface area contributed by atoms with Crippen LogP contribution in [-0.4, -0.2) is 25.3 Å². The quantitative estimate of drug-likeness (QED) is 0.672. The van der Waals surface area contributed by atoms with Gasteiger partial charge in [0.2, 0.25) is 11.0 Å². The molecule has 114 valence electrons. The van der Waals surface area contributed by atoms with Gasteiger partial charge in [0.25, 0.3) is 0 Å². The average Bonchev–Trinajstić information content (AvgIpc) is 3.21. The monoisotopic (exact) mass is 315 g/mol. The van der Waals surface area contributed by atoms with E-state index in [0.717, 1.165) is 36.5 Å². The van der Waals surface area contributed by atoms with Gasteiger partial charge in [0.05, 0.1) is 5.75 Å². The van der Waals surface area contributed by atoms with Gasteiger partial charge < -0.3 is 4.52 Å². The molecule has 2 heterocycles. The molecule has 3 aromatic rings. The molecule has 0 atom stereocenters. The Balaban J connectivity index is 1.58. The van der Waals surface area contributed by atoms with E-state index in [-0.39, 0.29) is 0 Å². The number of rotatable bonds is 7. The highest BCUT2D eigenvalue weighted by Gasteiger charge is 2.10. The number of H-pyrrole nitrogens is 1. The van der Waals surface area contributed by atoms with Gasteiger partial charge in [-0.1, -0.05) is 60.6 Å². The Morgan fingerprint density at radius 2 is 2.05 bits per heavy atom. The number of aromatic amines is 1. The second-order valence-corrected chi connectivity index (χ2v) is 5.77. The third kappa shape index (κ3) is 3.73. The zero-order valence-electron chi connectivity index (χ0n) is 12.3. The molecule has 0 amide bonds. The highest BCUT2D eigenvalue weighted by Crippen LogP contribution is 2.21. The summed E-state index contributed by atoms with van der Waals surface area (Å²) in [6.07, 6.45) is 3.06. The summed E-state index contributed by atoms with van der Waals surface area (Å²) in [4.78, 5) is 8.82. The molecular formula is C15H17N5OS. The number of unbranched alkanes of at least 4 members (excludes halogenated alkanes) is 1. The zero-order chi connectivity index (χ0) is 15.2. The normalized spacial score (nSPS) is 11.0. The van der Waals surface area contributed by atoms with Crippen LogP contribution >= 0.6 is 11.8 Å². The van der Waals surface area contributed by atoms with Gasteiger partial charge in [0, 0.05) is 12.0 Å². The van der Waals surface area contributed by atoms with E-state index >= 15 is 0 Å². The van der Waals surface area contributed by atoms with Gasteiger partial charge in [-0.25, -0.2) is 4.98 Å². The van der Waals surface area contributed by atoms with Crippen molar-refractivity contribution in [2.24, 2.45) is 0 Å². The molecule has 0 saturated carbocycles. The van der Waals surface area contributed by atoms with Crippen LogP contribution < -0.4 is 0 Å². The van der Waals surface area contributed by atoms with Crippen LogP contribution in [0.15, 0.2) is 40.0 Å². The number of nitrogens with zero attached hydrogens (tertiary/aromatic N) is 4. The predicted octanol–water partition coefficient (Wildman–Crippen LogP) is 3.49. The lowest BCUT2D eigenvalue weighted by Gasteiger charge is -1.93. The van der Waals surface area contributed by atoms with Crippen molar-refractivity contribution < 1.29 is 4.52 Å². The van der Waals surface area contributed by atoms with E-state index in [1.807, 2.05) is 30.3 Å². The molecule has 2 aromatic heterocycles. The highest BCUT2D eigenvalue weighted by molar-refractivity contribution is 7.98. The SMILES string of the molecule is CCCCc1noc(CSc2n[nH]c(-c3ccccc3)n2)n1. The van der Waals surface area contributed by atoms with Gasteiger partial charge >= 0.3 is 0 Å². The molecule has 0 aliphatic heterocycles. The van der Waals surface area contributed by atoms with Crippen molar-refractivity contribution in [3.8, 4) is 11.4 Å². The molecule has 0 fully saturated rings. The molecule has 22 heavy (non-hydrogen) atoms. The molecule has 6 nitrogen and oxygen atoms in total. The summed E-state index contributed by atoms with van der Waals surface area (Å²) in [6, 6.07) is 9.91. The fourth-order valence-electron chi connectivity index (χ4n) is 1.95. The molecular weight excluding hydrogens is 298 g/mol. The molecule has 7 heteroatoms. The van der Waals surface area contributed by atoms with Crippen molar-refractivity contribution in [1.82, 2.24) is 25.3 Å². The first-order valence-corrected chi connectivity index (χ1v) is 8.26. The maximum atomic E-state index is 5.23. The number of benzene rings is 1. The second kappa shape index (κ2) is 7.22. The Bertz CT molecular complexity index is 710. The first kappa shape index (κ1) is 14.8. The van der Waals surface area contributed by atoms with E-state index in [1.165, 1.54) is 11.8 Å². The highest BCUT2D eigenvalue weighted by atomic mass is 32.2. The Hall–Kier alpha value is -2.15. The van der Waals surface area contributed by atoms with Gasteiger partial charge in [-0.3, -0.25) is 5.10 Å². The minimum absolute atomic E-state index is 0.575. The van der Waals surface area contributed by atoms with E-state index in [9.17, 15) is 0 Å². The number of nitrogens with one attached hydrogen (secondary N) is 1. The Labute approximate surface area is 132 Å². The smallest absolute Gasteiger partial charge is 0.237 e. The number of thioether (sulfide) groups is 1. The van der Waals surface area contributed by atoms with Crippen LogP contribution in [0, 0.1) is 0 Å². The summed E-state index contributed by atoms with van der Waals surface area (Å²) in [6.45, 7) is 2.14. The lowest BCUT2D eigenvalue weighted by atomic mass is 10.2. The maximum Gasteiger partial charge on any atom is 0.237 e. The predicted molar refractivity (Wildman–Crippen MR) is 84.3 cm³/mol. The molecule has 1 aromatic carbocycles. The molecule has 0 saturated heterocycles. The van der Waals surface area contributed by atoms with Crippen LogP contribution in [0.2, 0.25) is 0 Å². The van der Waals surface area contributed by atoms with Crippen LogP contribution in [-0.2, 0) is 12.2 Å². The lowest BCUT2D eigenvalue weighted by Crippen LogP contribution is -1.88. The number of aryl methyl sites for hydroxylation is 1. The van der Waals surface area contributed by atoms with Gasteiger partial charge in [-0.15, -0.1) is 5.10 Å². The van der Waals surface area contributed by atoms with Gasteiger partial charge in [0.1, 0.15) is 0 Å². The van der Waals surface area contributed by atoms with Crippen LogP contribution in [0.1, 0.15) is 31.5 Å². The van der Waals surface area contributed by atoms with Gasteiger partial charge in [-0.05, 0) is 6.42 Å². The van der Waals surface area contributed by atoms with Crippen LogP contribution in [0.4, 0.5) is 0 Å². The molecule has 0 unspecified atom stereocenters. The van der Waals surface area contributed by atoms with Crippen molar-refractivity contribution in [3.05, 3.63) is 42.0 Å². The minimum Gasteiger partial charge on any atom is -0.338 e. The topological polar surface area (TPSA) is 80.5 Å². The van der Waals surface area contributed by atoms with Crippen molar-refractivity contribution in [1.29, 1.82) is 0 Å². The molecule has 0 radical (unpaired) electrons. The minimum atomic E-state index is 0.575. The Morgan fingerprint density at radius 3 is 2.86 bits per heavy atom. The Morgan fingerprint density at radius 1 is 1.18 bits per heavy atom. The largest absolute Gasteiger partial charge is 0.338 e. The number of hydrogen-bond acceptors (Lipinski definition) is 6. The number of hydrogen-bond donors (Lipinski definition) is 1. The average molecular weight is 315 g/mol. The summed E-state index contributed by atoms with van der Waals surface area (Å²) >= 11 is 1.48.